The molecule has 0 spiro atoms. The van der Waals surface area contributed by atoms with Crippen LogP contribution in [0, 0.1) is 17.2 Å². The fraction of sp³-hybridized carbons (Fsp3) is 0.611. The Hall–Kier alpha value is -1.57. The SMILES string of the molecule is CN1CCCC(CN2CCN(c3ccccc3C#N)CC2)C1. The third-order valence-electron chi connectivity index (χ3n) is 4.98. The molecule has 1 aromatic rings. The third-order valence-corrected chi connectivity index (χ3v) is 4.98. The van der Waals surface area contributed by atoms with Gasteiger partial charge in [0, 0.05) is 39.3 Å². The van der Waals surface area contributed by atoms with Crippen LogP contribution in [0.15, 0.2) is 24.3 Å². The number of nitrogens with zero attached hydrogens (tertiary/aromatic N) is 4. The molecule has 3 rings (SSSR count). The van der Waals surface area contributed by atoms with E-state index in [2.05, 4.69) is 33.9 Å². The quantitative estimate of drug-likeness (QED) is 0.855. The predicted molar refractivity (Wildman–Crippen MR) is 90.0 cm³/mol. The average Bonchev–Trinajstić information content (AvgIpc) is 2.56. The van der Waals surface area contributed by atoms with E-state index in [1.165, 1.54) is 32.5 Å². The summed E-state index contributed by atoms with van der Waals surface area (Å²) in [7, 11) is 2.24. The number of rotatable bonds is 3. The first kappa shape index (κ1) is 15.3. The fourth-order valence-corrected chi connectivity index (χ4v) is 3.80. The van der Waals surface area contributed by atoms with Gasteiger partial charge in [0.25, 0.3) is 0 Å². The molecule has 2 fully saturated rings. The first-order valence-electron chi connectivity index (χ1n) is 8.41. The molecule has 0 aliphatic carbocycles. The van der Waals surface area contributed by atoms with Gasteiger partial charge in [-0.1, -0.05) is 12.1 Å². The van der Waals surface area contributed by atoms with Gasteiger partial charge in [-0.2, -0.15) is 5.26 Å². The van der Waals surface area contributed by atoms with Crippen molar-refractivity contribution in [2.75, 3.05) is 57.8 Å². The summed E-state index contributed by atoms with van der Waals surface area (Å²) < 4.78 is 0. The van der Waals surface area contributed by atoms with Crippen LogP contribution in [0.3, 0.4) is 0 Å². The van der Waals surface area contributed by atoms with Gasteiger partial charge in [0.1, 0.15) is 6.07 Å². The van der Waals surface area contributed by atoms with Gasteiger partial charge in [0.05, 0.1) is 11.3 Å². The highest BCUT2D eigenvalue weighted by Gasteiger charge is 2.23. The molecule has 1 unspecified atom stereocenters. The van der Waals surface area contributed by atoms with Gasteiger partial charge in [-0.3, -0.25) is 4.90 Å². The summed E-state index contributed by atoms with van der Waals surface area (Å²) in [6.45, 7) is 8.02. The minimum atomic E-state index is 0.796. The van der Waals surface area contributed by atoms with Gasteiger partial charge in [-0.15, -0.1) is 0 Å². The van der Waals surface area contributed by atoms with E-state index in [1.807, 2.05) is 18.2 Å². The molecule has 0 bridgehead atoms. The van der Waals surface area contributed by atoms with Gasteiger partial charge in [-0.05, 0) is 44.5 Å². The molecule has 118 valence electrons. The van der Waals surface area contributed by atoms with Crippen LogP contribution in [-0.4, -0.2) is 62.7 Å². The summed E-state index contributed by atoms with van der Waals surface area (Å²) in [5.74, 6) is 0.830. The minimum Gasteiger partial charge on any atom is -0.368 e. The van der Waals surface area contributed by atoms with Crippen molar-refractivity contribution < 1.29 is 0 Å². The standard InChI is InChI=1S/C18H26N4/c1-20-8-4-5-16(14-20)15-21-9-11-22(12-10-21)18-7-3-2-6-17(18)13-19/h2-3,6-7,16H,4-5,8-12,14-15H2,1H3. The molecule has 0 N–H and O–H groups in total. The second-order valence-corrected chi connectivity index (χ2v) is 6.69. The van der Waals surface area contributed by atoms with Gasteiger partial charge in [0.2, 0.25) is 0 Å². The van der Waals surface area contributed by atoms with Crippen molar-refractivity contribution in [1.29, 1.82) is 5.26 Å². The number of anilines is 1. The zero-order valence-electron chi connectivity index (χ0n) is 13.5. The molecule has 0 aromatic heterocycles. The molecular formula is C18H26N4. The first-order chi connectivity index (χ1) is 10.8. The smallest absolute Gasteiger partial charge is 0.101 e. The Morgan fingerprint density at radius 3 is 2.64 bits per heavy atom. The van der Waals surface area contributed by atoms with Crippen molar-refractivity contribution in [3.63, 3.8) is 0 Å². The minimum absolute atomic E-state index is 0.796. The molecule has 2 saturated heterocycles. The zero-order chi connectivity index (χ0) is 15.4. The maximum Gasteiger partial charge on any atom is 0.101 e. The number of piperidine rings is 1. The van der Waals surface area contributed by atoms with Crippen LogP contribution in [0.2, 0.25) is 0 Å². The number of para-hydroxylation sites is 1. The Labute approximate surface area is 133 Å². The van der Waals surface area contributed by atoms with Crippen LogP contribution < -0.4 is 4.90 Å². The number of likely N-dealkylation sites (tertiary alicyclic amines) is 1. The Kier molecular flexibility index (Phi) is 4.97. The maximum absolute atomic E-state index is 9.25. The number of nitriles is 1. The van der Waals surface area contributed by atoms with Gasteiger partial charge < -0.3 is 9.80 Å². The highest BCUT2D eigenvalue weighted by molar-refractivity contribution is 5.59. The van der Waals surface area contributed by atoms with Crippen molar-refractivity contribution >= 4 is 5.69 Å². The highest BCUT2D eigenvalue weighted by atomic mass is 15.3. The monoisotopic (exact) mass is 298 g/mol. The lowest BCUT2D eigenvalue weighted by atomic mass is 9.97. The molecule has 2 heterocycles. The second-order valence-electron chi connectivity index (χ2n) is 6.69. The summed E-state index contributed by atoms with van der Waals surface area (Å²) in [6.07, 6.45) is 2.72. The van der Waals surface area contributed by atoms with Crippen molar-refractivity contribution in [2.24, 2.45) is 5.92 Å². The normalized spacial score (nSPS) is 24.2. The highest BCUT2D eigenvalue weighted by Crippen LogP contribution is 2.22. The van der Waals surface area contributed by atoms with E-state index in [0.717, 1.165) is 43.3 Å². The van der Waals surface area contributed by atoms with E-state index < -0.39 is 0 Å². The molecule has 2 aliphatic rings. The van der Waals surface area contributed by atoms with Crippen molar-refractivity contribution in [3.05, 3.63) is 29.8 Å². The van der Waals surface area contributed by atoms with Crippen LogP contribution in [0.4, 0.5) is 5.69 Å². The maximum atomic E-state index is 9.25. The lowest BCUT2D eigenvalue weighted by molar-refractivity contribution is 0.147. The van der Waals surface area contributed by atoms with Gasteiger partial charge in [0.15, 0.2) is 0 Å². The van der Waals surface area contributed by atoms with Crippen LogP contribution in [0.1, 0.15) is 18.4 Å². The van der Waals surface area contributed by atoms with E-state index in [1.54, 1.807) is 0 Å². The molecule has 2 aliphatic heterocycles. The molecular weight excluding hydrogens is 272 g/mol. The Bertz CT molecular complexity index is 528. The molecule has 4 nitrogen and oxygen atoms in total. The number of hydrogen-bond donors (Lipinski definition) is 0. The summed E-state index contributed by atoms with van der Waals surface area (Å²) in [4.78, 5) is 7.44. The topological polar surface area (TPSA) is 33.5 Å². The lowest BCUT2D eigenvalue weighted by Gasteiger charge is -2.39. The molecule has 0 amide bonds. The third kappa shape index (κ3) is 3.60. The number of benzene rings is 1. The van der Waals surface area contributed by atoms with Crippen LogP contribution in [0.25, 0.3) is 0 Å². The summed E-state index contributed by atoms with van der Waals surface area (Å²) in [5.41, 5.74) is 1.90. The number of piperazine rings is 1. The molecule has 22 heavy (non-hydrogen) atoms. The van der Waals surface area contributed by atoms with Gasteiger partial charge in [-0.25, -0.2) is 0 Å². The van der Waals surface area contributed by atoms with E-state index in [0.29, 0.717) is 0 Å². The number of hydrogen-bond acceptors (Lipinski definition) is 4. The van der Waals surface area contributed by atoms with Crippen LogP contribution in [-0.2, 0) is 0 Å². The van der Waals surface area contributed by atoms with E-state index in [9.17, 15) is 5.26 Å². The molecule has 0 saturated carbocycles. The molecule has 4 heteroatoms. The second kappa shape index (κ2) is 7.13. The zero-order valence-corrected chi connectivity index (χ0v) is 13.5. The summed E-state index contributed by atoms with van der Waals surface area (Å²) in [5, 5.41) is 9.25. The van der Waals surface area contributed by atoms with Crippen LogP contribution >= 0.6 is 0 Å². The Morgan fingerprint density at radius 2 is 1.91 bits per heavy atom. The van der Waals surface area contributed by atoms with Crippen molar-refractivity contribution in [1.82, 2.24) is 9.80 Å². The average molecular weight is 298 g/mol. The van der Waals surface area contributed by atoms with Crippen LogP contribution in [0.5, 0.6) is 0 Å². The molecule has 1 atom stereocenters. The molecule has 1 aromatic carbocycles. The summed E-state index contributed by atoms with van der Waals surface area (Å²) >= 11 is 0. The largest absolute Gasteiger partial charge is 0.368 e. The lowest BCUT2D eigenvalue weighted by Crippen LogP contribution is -2.49. The van der Waals surface area contributed by atoms with E-state index in [-0.39, 0.29) is 0 Å². The van der Waals surface area contributed by atoms with Crippen molar-refractivity contribution in [2.45, 2.75) is 12.8 Å². The van der Waals surface area contributed by atoms with Crippen molar-refractivity contribution in [3.8, 4) is 6.07 Å². The first-order valence-corrected chi connectivity index (χ1v) is 8.41. The van der Waals surface area contributed by atoms with E-state index >= 15 is 0 Å². The summed E-state index contributed by atoms with van der Waals surface area (Å²) in [6, 6.07) is 10.3. The molecule has 0 radical (unpaired) electrons. The van der Waals surface area contributed by atoms with Gasteiger partial charge >= 0.3 is 0 Å². The fourth-order valence-electron chi connectivity index (χ4n) is 3.80. The van der Waals surface area contributed by atoms with E-state index in [4.69, 9.17) is 0 Å². The Morgan fingerprint density at radius 1 is 1.14 bits per heavy atom. The Balaban J connectivity index is 1.53. The predicted octanol–water partition coefficient (Wildman–Crippen LogP) is 2.02.